The van der Waals surface area contributed by atoms with Crippen molar-refractivity contribution in [2.75, 3.05) is 6.61 Å². The summed E-state index contributed by atoms with van der Waals surface area (Å²) in [6.45, 7) is 9.34. The summed E-state index contributed by atoms with van der Waals surface area (Å²) in [6, 6.07) is 8.53. The van der Waals surface area contributed by atoms with E-state index in [1.807, 2.05) is 6.92 Å². The lowest BCUT2D eigenvalue weighted by Gasteiger charge is -2.39. The molecule has 1 aliphatic rings. The first-order valence-electron chi connectivity index (χ1n) is 6.37. The lowest BCUT2D eigenvalue weighted by atomic mass is 9.81. The van der Waals surface area contributed by atoms with Gasteiger partial charge in [0.25, 0.3) is 0 Å². The van der Waals surface area contributed by atoms with E-state index in [0.717, 1.165) is 6.42 Å². The number of ether oxygens (including phenoxy) is 2. The Morgan fingerprint density at radius 2 is 2.00 bits per heavy atom. The van der Waals surface area contributed by atoms with Gasteiger partial charge in [-0.25, -0.2) is 0 Å². The largest absolute Gasteiger partial charge is 0.353 e. The van der Waals surface area contributed by atoms with E-state index < -0.39 is 0 Å². The molecule has 0 N–H and O–H groups in total. The Morgan fingerprint density at radius 1 is 1.29 bits per heavy atom. The van der Waals surface area contributed by atoms with Crippen molar-refractivity contribution in [1.29, 1.82) is 0 Å². The van der Waals surface area contributed by atoms with Crippen LogP contribution in [0.4, 0.5) is 0 Å². The molecule has 17 heavy (non-hydrogen) atoms. The fourth-order valence-corrected chi connectivity index (χ4v) is 2.38. The second-order valence-corrected chi connectivity index (χ2v) is 5.67. The van der Waals surface area contributed by atoms with Gasteiger partial charge in [0.1, 0.15) is 0 Å². The molecule has 2 nitrogen and oxygen atoms in total. The third-order valence-electron chi connectivity index (χ3n) is 3.15. The minimum Gasteiger partial charge on any atom is -0.353 e. The van der Waals surface area contributed by atoms with Gasteiger partial charge < -0.3 is 9.47 Å². The summed E-state index contributed by atoms with van der Waals surface area (Å²) in [7, 11) is 0. The zero-order chi connectivity index (χ0) is 12.5. The van der Waals surface area contributed by atoms with Crippen molar-refractivity contribution in [3.05, 3.63) is 35.4 Å². The Kier molecular flexibility index (Phi) is 3.55. The molecule has 0 aromatic heterocycles. The third-order valence-corrected chi connectivity index (χ3v) is 3.15. The smallest absolute Gasteiger partial charge is 0.162 e. The third kappa shape index (κ3) is 2.70. The second kappa shape index (κ2) is 4.79. The predicted octanol–water partition coefficient (Wildman–Crippen LogP) is 3.71. The zero-order valence-corrected chi connectivity index (χ0v) is 11.2. The highest BCUT2D eigenvalue weighted by Gasteiger charge is 2.35. The van der Waals surface area contributed by atoms with Crippen LogP contribution in [-0.4, -0.2) is 12.9 Å². The maximum absolute atomic E-state index is 6.10. The van der Waals surface area contributed by atoms with E-state index in [-0.39, 0.29) is 17.8 Å². The molecule has 2 atom stereocenters. The minimum absolute atomic E-state index is 0.0892. The van der Waals surface area contributed by atoms with Gasteiger partial charge in [0.2, 0.25) is 0 Å². The molecule has 1 aromatic rings. The van der Waals surface area contributed by atoms with E-state index in [4.69, 9.17) is 9.47 Å². The summed E-state index contributed by atoms with van der Waals surface area (Å²) >= 11 is 0. The number of rotatable bonds is 2. The van der Waals surface area contributed by atoms with Gasteiger partial charge in [-0.1, -0.05) is 45.0 Å². The fourth-order valence-electron chi connectivity index (χ4n) is 2.38. The molecule has 0 saturated carbocycles. The maximum Gasteiger partial charge on any atom is 0.162 e. The molecule has 0 spiro atoms. The Labute approximate surface area is 104 Å². The molecule has 1 aromatic carbocycles. The molecule has 0 saturated heterocycles. The van der Waals surface area contributed by atoms with Gasteiger partial charge in [-0.2, -0.15) is 0 Å². The highest BCUT2D eigenvalue weighted by molar-refractivity contribution is 5.32. The predicted molar refractivity (Wildman–Crippen MR) is 68.8 cm³/mol. The molecule has 1 aliphatic heterocycles. The summed E-state index contributed by atoms with van der Waals surface area (Å²) in [5, 5.41) is 0. The van der Waals surface area contributed by atoms with Crippen LogP contribution in [0.25, 0.3) is 0 Å². The summed E-state index contributed by atoms with van der Waals surface area (Å²) in [5.41, 5.74) is 2.76. The van der Waals surface area contributed by atoms with Crippen LogP contribution in [0.3, 0.4) is 0 Å². The SMILES string of the molecule is CCO[C@H]1Cc2ccccc2[C@@H](C(C)(C)C)O1. The van der Waals surface area contributed by atoms with Crippen LogP contribution < -0.4 is 0 Å². The zero-order valence-electron chi connectivity index (χ0n) is 11.2. The lowest BCUT2D eigenvalue weighted by Crippen LogP contribution is -2.34. The van der Waals surface area contributed by atoms with E-state index in [2.05, 4.69) is 45.0 Å². The Bertz CT molecular complexity index is 379. The van der Waals surface area contributed by atoms with Crippen molar-refractivity contribution >= 4 is 0 Å². The van der Waals surface area contributed by atoms with E-state index >= 15 is 0 Å². The normalized spacial score (nSPS) is 24.5. The van der Waals surface area contributed by atoms with E-state index in [1.165, 1.54) is 11.1 Å². The quantitative estimate of drug-likeness (QED) is 0.776. The molecule has 2 heteroatoms. The molecule has 94 valence electrons. The summed E-state index contributed by atoms with van der Waals surface area (Å²) in [6.07, 6.45) is 0.875. The number of hydrogen-bond donors (Lipinski definition) is 0. The van der Waals surface area contributed by atoms with Gasteiger partial charge in [-0.05, 0) is 23.5 Å². The van der Waals surface area contributed by atoms with Crippen LogP contribution in [0.2, 0.25) is 0 Å². The Morgan fingerprint density at radius 3 is 2.65 bits per heavy atom. The minimum atomic E-state index is -0.0980. The van der Waals surface area contributed by atoms with Crippen molar-refractivity contribution in [1.82, 2.24) is 0 Å². The second-order valence-electron chi connectivity index (χ2n) is 5.67. The van der Waals surface area contributed by atoms with Crippen molar-refractivity contribution in [3.8, 4) is 0 Å². The monoisotopic (exact) mass is 234 g/mol. The van der Waals surface area contributed by atoms with Crippen LogP contribution in [0.1, 0.15) is 44.9 Å². The van der Waals surface area contributed by atoms with E-state index in [1.54, 1.807) is 0 Å². The molecule has 0 bridgehead atoms. The molecule has 0 fully saturated rings. The molecule has 0 unspecified atom stereocenters. The molecule has 1 heterocycles. The van der Waals surface area contributed by atoms with E-state index in [0.29, 0.717) is 6.61 Å². The molecular weight excluding hydrogens is 212 g/mol. The van der Waals surface area contributed by atoms with Crippen molar-refractivity contribution in [2.24, 2.45) is 5.41 Å². The highest BCUT2D eigenvalue weighted by atomic mass is 16.7. The van der Waals surface area contributed by atoms with Crippen LogP contribution in [0.5, 0.6) is 0 Å². The molecule has 2 rings (SSSR count). The number of fused-ring (bicyclic) bond motifs is 1. The van der Waals surface area contributed by atoms with Gasteiger partial charge >= 0.3 is 0 Å². The summed E-state index contributed by atoms with van der Waals surface area (Å²) in [4.78, 5) is 0. The van der Waals surface area contributed by atoms with Gasteiger partial charge in [0, 0.05) is 13.0 Å². The highest BCUT2D eigenvalue weighted by Crippen LogP contribution is 2.42. The van der Waals surface area contributed by atoms with Crippen molar-refractivity contribution in [3.63, 3.8) is 0 Å². The average Bonchev–Trinajstić information content (AvgIpc) is 2.27. The van der Waals surface area contributed by atoms with Gasteiger partial charge in [0.15, 0.2) is 6.29 Å². The summed E-state index contributed by atoms with van der Waals surface area (Å²) in [5.74, 6) is 0. The fraction of sp³-hybridized carbons (Fsp3) is 0.600. The van der Waals surface area contributed by atoms with E-state index in [9.17, 15) is 0 Å². The molecule has 0 amide bonds. The van der Waals surface area contributed by atoms with Gasteiger partial charge in [-0.15, -0.1) is 0 Å². The Hall–Kier alpha value is -0.860. The molecule has 0 radical (unpaired) electrons. The summed E-state index contributed by atoms with van der Waals surface area (Å²) < 4.78 is 11.7. The standard InChI is InChI=1S/C15H22O2/c1-5-16-13-10-11-8-6-7-9-12(11)14(17-13)15(2,3)4/h6-9,13-14H,5,10H2,1-4H3/t13-,14+/m1/s1. The van der Waals surface area contributed by atoms with Crippen LogP contribution in [0.15, 0.2) is 24.3 Å². The van der Waals surface area contributed by atoms with Crippen molar-refractivity contribution in [2.45, 2.75) is 46.5 Å². The molecule has 0 aliphatic carbocycles. The first-order chi connectivity index (χ1) is 8.02. The van der Waals surface area contributed by atoms with Crippen molar-refractivity contribution < 1.29 is 9.47 Å². The van der Waals surface area contributed by atoms with Crippen LogP contribution >= 0.6 is 0 Å². The topological polar surface area (TPSA) is 18.5 Å². The number of hydrogen-bond acceptors (Lipinski definition) is 2. The van der Waals surface area contributed by atoms with Gasteiger partial charge in [0.05, 0.1) is 6.10 Å². The molecular formula is C15H22O2. The number of benzene rings is 1. The van der Waals surface area contributed by atoms with Gasteiger partial charge in [-0.3, -0.25) is 0 Å². The first-order valence-corrected chi connectivity index (χ1v) is 6.37. The van der Waals surface area contributed by atoms with Crippen LogP contribution in [-0.2, 0) is 15.9 Å². The first kappa shape index (κ1) is 12.6. The average molecular weight is 234 g/mol. The maximum atomic E-state index is 6.10. The Balaban J connectivity index is 2.32. The lowest BCUT2D eigenvalue weighted by molar-refractivity contribution is -0.200. The van der Waals surface area contributed by atoms with Crippen LogP contribution in [0, 0.1) is 5.41 Å².